The number of rotatable bonds is 2. The second-order valence-electron chi connectivity index (χ2n) is 5.49. The molecule has 3 heteroatoms. The summed E-state index contributed by atoms with van der Waals surface area (Å²) >= 11 is 0. The molecule has 0 heterocycles. The van der Waals surface area contributed by atoms with Gasteiger partial charge < -0.3 is 9.84 Å². The van der Waals surface area contributed by atoms with Crippen LogP contribution in [0.3, 0.4) is 0 Å². The van der Waals surface area contributed by atoms with Crippen LogP contribution >= 0.6 is 0 Å². The van der Waals surface area contributed by atoms with Crippen molar-refractivity contribution in [2.45, 2.75) is 0 Å². The van der Waals surface area contributed by atoms with Gasteiger partial charge in [-0.05, 0) is 28.7 Å². The summed E-state index contributed by atoms with van der Waals surface area (Å²) in [6.45, 7) is 0. The van der Waals surface area contributed by atoms with Crippen LogP contribution in [0.1, 0.15) is 15.9 Å². The molecule has 3 aromatic rings. The number of carbonyl (C=O) groups is 1. The van der Waals surface area contributed by atoms with E-state index in [2.05, 4.69) is 0 Å². The second-order valence-corrected chi connectivity index (χ2v) is 5.49. The van der Waals surface area contributed by atoms with E-state index in [4.69, 9.17) is 4.74 Å². The minimum absolute atomic E-state index is 0.258. The van der Waals surface area contributed by atoms with Gasteiger partial charge in [-0.1, -0.05) is 48.5 Å². The molecule has 1 N–H and O–H groups in total. The van der Waals surface area contributed by atoms with Crippen molar-refractivity contribution >= 4 is 22.6 Å². The van der Waals surface area contributed by atoms with E-state index in [1.807, 2.05) is 54.6 Å². The van der Waals surface area contributed by atoms with Crippen LogP contribution in [0.25, 0.3) is 28.0 Å². The third kappa shape index (κ3) is 1.94. The van der Waals surface area contributed by atoms with Gasteiger partial charge in [-0.15, -0.1) is 0 Å². The van der Waals surface area contributed by atoms with Crippen LogP contribution in [-0.4, -0.2) is 18.0 Å². The number of ether oxygens (including phenoxy) is 1. The average Bonchev–Trinajstić information content (AvgIpc) is 2.60. The minimum atomic E-state index is -0.352. The molecule has 0 spiro atoms. The van der Waals surface area contributed by atoms with Crippen LogP contribution in [0.5, 0.6) is 5.75 Å². The topological polar surface area (TPSA) is 46.5 Å². The largest absolute Gasteiger partial charge is 0.504 e. The molecule has 3 nitrogen and oxygen atoms in total. The SMILES string of the molecule is COc1ccc2ccc(-c3ccccc3)c3c2c1C=C(O)C3=O. The molecule has 0 saturated heterocycles. The number of aliphatic hydroxyl groups excluding tert-OH is 1. The van der Waals surface area contributed by atoms with Gasteiger partial charge in [0.15, 0.2) is 5.76 Å². The molecule has 0 aromatic heterocycles. The van der Waals surface area contributed by atoms with Gasteiger partial charge in [0.1, 0.15) is 5.75 Å². The van der Waals surface area contributed by atoms with Gasteiger partial charge >= 0.3 is 0 Å². The molecular formula is C20H14O3. The third-order valence-corrected chi connectivity index (χ3v) is 4.23. The average molecular weight is 302 g/mol. The summed E-state index contributed by atoms with van der Waals surface area (Å²) in [5, 5.41) is 11.9. The van der Waals surface area contributed by atoms with E-state index in [0.29, 0.717) is 11.3 Å². The van der Waals surface area contributed by atoms with Gasteiger partial charge in [0.2, 0.25) is 5.78 Å². The van der Waals surface area contributed by atoms with Crippen LogP contribution in [0.4, 0.5) is 0 Å². The predicted molar refractivity (Wildman–Crippen MR) is 90.9 cm³/mol. The van der Waals surface area contributed by atoms with Gasteiger partial charge in [-0.2, -0.15) is 0 Å². The summed E-state index contributed by atoms with van der Waals surface area (Å²) in [6.07, 6.45) is 1.49. The van der Waals surface area contributed by atoms with Crippen LogP contribution < -0.4 is 4.74 Å². The highest BCUT2D eigenvalue weighted by Crippen LogP contribution is 2.40. The maximum Gasteiger partial charge on any atom is 0.228 e. The fourth-order valence-electron chi connectivity index (χ4n) is 3.17. The fraction of sp³-hybridized carbons (Fsp3) is 0.0500. The molecule has 0 amide bonds. The number of benzene rings is 3. The number of ketones is 1. The lowest BCUT2D eigenvalue weighted by atomic mass is 9.85. The molecule has 0 bridgehead atoms. The standard InChI is InChI=1S/C20H14O3/c1-23-17-10-8-13-7-9-14(12-5-3-2-4-6-12)19-18(13)15(17)11-16(21)20(19)22/h2-11,21H,1H3. The van der Waals surface area contributed by atoms with Crippen molar-refractivity contribution in [1.82, 2.24) is 0 Å². The minimum Gasteiger partial charge on any atom is -0.504 e. The van der Waals surface area contributed by atoms with Crippen molar-refractivity contribution in [3.63, 3.8) is 0 Å². The Labute approximate surface area is 133 Å². The quantitative estimate of drug-likeness (QED) is 0.752. The van der Waals surface area contributed by atoms with E-state index in [1.165, 1.54) is 6.08 Å². The summed E-state index contributed by atoms with van der Waals surface area (Å²) in [5.74, 6) is 0.0323. The Morgan fingerprint density at radius 1 is 0.957 bits per heavy atom. The van der Waals surface area contributed by atoms with E-state index in [1.54, 1.807) is 7.11 Å². The number of carbonyl (C=O) groups excluding carboxylic acids is 1. The van der Waals surface area contributed by atoms with Crippen molar-refractivity contribution in [2.75, 3.05) is 7.11 Å². The molecule has 4 rings (SSSR count). The van der Waals surface area contributed by atoms with Crippen molar-refractivity contribution in [2.24, 2.45) is 0 Å². The lowest BCUT2D eigenvalue weighted by Gasteiger charge is -2.19. The number of aliphatic hydroxyl groups is 1. The summed E-state index contributed by atoms with van der Waals surface area (Å²) in [6, 6.07) is 17.4. The highest BCUT2D eigenvalue weighted by molar-refractivity contribution is 6.25. The molecule has 23 heavy (non-hydrogen) atoms. The number of methoxy groups -OCH3 is 1. The number of hydrogen-bond acceptors (Lipinski definition) is 3. The van der Waals surface area contributed by atoms with E-state index < -0.39 is 0 Å². The first-order chi connectivity index (χ1) is 11.2. The normalized spacial score (nSPS) is 13.1. The van der Waals surface area contributed by atoms with Crippen molar-refractivity contribution < 1.29 is 14.6 Å². The molecule has 112 valence electrons. The Hall–Kier alpha value is -3.07. The lowest BCUT2D eigenvalue weighted by Crippen LogP contribution is -2.11. The lowest BCUT2D eigenvalue weighted by molar-refractivity contribution is 0.0981. The first kappa shape index (κ1) is 13.6. The van der Waals surface area contributed by atoms with E-state index in [0.717, 1.165) is 27.5 Å². The summed E-state index contributed by atoms with van der Waals surface area (Å²) in [5.41, 5.74) is 3.04. The molecular weight excluding hydrogens is 288 g/mol. The van der Waals surface area contributed by atoms with Crippen LogP contribution in [0, 0.1) is 0 Å². The Kier molecular flexibility index (Phi) is 2.95. The highest BCUT2D eigenvalue weighted by Gasteiger charge is 2.26. The Balaban J connectivity index is 2.16. The first-order valence-corrected chi connectivity index (χ1v) is 7.35. The Bertz CT molecular complexity index is 969. The van der Waals surface area contributed by atoms with Gasteiger partial charge in [0.05, 0.1) is 7.11 Å². The second kappa shape index (κ2) is 4.99. The summed E-state index contributed by atoms with van der Waals surface area (Å²) in [7, 11) is 1.58. The zero-order valence-electron chi connectivity index (χ0n) is 12.5. The molecule has 0 atom stereocenters. The summed E-state index contributed by atoms with van der Waals surface area (Å²) < 4.78 is 5.40. The van der Waals surface area contributed by atoms with Crippen LogP contribution in [0.15, 0.2) is 60.4 Å². The fourth-order valence-corrected chi connectivity index (χ4v) is 3.17. The maximum atomic E-state index is 12.6. The zero-order valence-corrected chi connectivity index (χ0v) is 12.5. The molecule has 3 aromatic carbocycles. The van der Waals surface area contributed by atoms with E-state index >= 15 is 0 Å². The smallest absolute Gasteiger partial charge is 0.228 e. The first-order valence-electron chi connectivity index (χ1n) is 7.35. The predicted octanol–water partition coefficient (Wildman–Crippen LogP) is 4.61. The number of allylic oxidation sites excluding steroid dienone is 1. The molecule has 1 aliphatic rings. The molecule has 0 fully saturated rings. The van der Waals surface area contributed by atoms with Crippen LogP contribution in [-0.2, 0) is 0 Å². The molecule has 0 saturated carbocycles. The molecule has 0 radical (unpaired) electrons. The van der Waals surface area contributed by atoms with Gasteiger partial charge in [-0.25, -0.2) is 0 Å². The molecule has 1 aliphatic carbocycles. The molecule has 0 aliphatic heterocycles. The maximum absolute atomic E-state index is 12.6. The van der Waals surface area contributed by atoms with Gasteiger partial charge in [0, 0.05) is 16.5 Å². The van der Waals surface area contributed by atoms with Crippen LogP contribution in [0.2, 0.25) is 0 Å². The van der Waals surface area contributed by atoms with Crippen molar-refractivity contribution in [1.29, 1.82) is 0 Å². The Morgan fingerprint density at radius 3 is 2.43 bits per heavy atom. The van der Waals surface area contributed by atoms with Crippen molar-refractivity contribution in [3.05, 3.63) is 71.5 Å². The van der Waals surface area contributed by atoms with Gasteiger partial charge in [0.25, 0.3) is 0 Å². The molecule has 0 unspecified atom stereocenters. The number of hydrogen-bond donors (Lipinski definition) is 1. The van der Waals surface area contributed by atoms with E-state index in [9.17, 15) is 9.90 Å². The monoisotopic (exact) mass is 302 g/mol. The van der Waals surface area contributed by atoms with Gasteiger partial charge in [-0.3, -0.25) is 4.79 Å². The number of Topliss-reactive ketones (excluding diaryl/α,β-unsaturated/α-hetero) is 1. The Morgan fingerprint density at radius 2 is 1.70 bits per heavy atom. The zero-order chi connectivity index (χ0) is 16.0. The summed E-state index contributed by atoms with van der Waals surface area (Å²) in [4.78, 5) is 12.6. The highest BCUT2D eigenvalue weighted by atomic mass is 16.5. The third-order valence-electron chi connectivity index (χ3n) is 4.23. The van der Waals surface area contributed by atoms with E-state index in [-0.39, 0.29) is 11.5 Å². The van der Waals surface area contributed by atoms with Crippen molar-refractivity contribution in [3.8, 4) is 16.9 Å².